The maximum atomic E-state index is 4.79. The molecule has 0 radical (unpaired) electrons. The molecule has 3 aromatic heterocycles. The standard InChI is InChI=1S/C20H12N3.C11H8N.Pt/c1-3-9-15-13(7-1)14-8-2-4-10-16(14)19-18(15)22-20(23-19)17-11-5-6-12-21-17;1-2-6-10(7-3-1)11-8-4-5-9-12-11;/h1-12H;1-6,8-9H;/q2*-1;+2. The second-order valence-electron chi connectivity index (χ2n) is 8.04. The van der Waals surface area contributed by atoms with Gasteiger partial charge in [0.25, 0.3) is 0 Å². The second-order valence-corrected chi connectivity index (χ2v) is 8.04. The smallest absolute Gasteiger partial charge is 0.434 e. The molecule has 174 valence electrons. The Hall–Kier alpha value is -4.14. The molecule has 0 bridgehead atoms. The van der Waals surface area contributed by atoms with Gasteiger partial charge in [-0.25, -0.2) is 0 Å². The van der Waals surface area contributed by atoms with Crippen LogP contribution in [0.5, 0.6) is 0 Å². The fourth-order valence-corrected chi connectivity index (χ4v) is 4.25. The fourth-order valence-electron chi connectivity index (χ4n) is 4.25. The molecular weight excluding hydrogens is 623 g/mol. The quantitative estimate of drug-likeness (QED) is 0.149. The summed E-state index contributed by atoms with van der Waals surface area (Å²) in [6, 6.07) is 39.4. The van der Waals surface area contributed by atoms with E-state index in [2.05, 4.69) is 52.4 Å². The van der Waals surface area contributed by atoms with E-state index in [9.17, 15) is 0 Å². The summed E-state index contributed by atoms with van der Waals surface area (Å²) in [5.74, 6) is 0.683. The van der Waals surface area contributed by atoms with Gasteiger partial charge in [0, 0.05) is 12.4 Å². The van der Waals surface area contributed by atoms with E-state index in [0.717, 1.165) is 38.8 Å². The maximum absolute atomic E-state index is 4.79. The number of pyridine rings is 2. The molecule has 0 N–H and O–H groups in total. The molecule has 4 nitrogen and oxygen atoms in total. The number of fused-ring (bicyclic) bond motifs is 6. The minimum atomic E-state index is 0. The third-order valence-corrected chi connectivity index (χ3v) is 5.86. The van der Waals surface area contributed by atoms with Crippen molar-refractivity contribution < 1.29 is 21.1 Å². The minimum Gasteiger partial charge on any atom is -0.434 e. The Kier molecular flexibility index (Phi) is 6.97. The molecule has 0 spiro atoms. The molecule has 0 atom stereocenters. The molecule has 0 saturated carbocycles. The summed E-state index contributed by atoms with van der Waals surface area (Å²) in [5, 5.41) is 4.69. The third kappa shape index (κ3) is 4.56. The van der Waals surface area contributed by atoms with Crippen molar-refractivity contribution in [3.8, 4) is 22.8 Å². The van der Waals surface area contributed by atoms with Crippen LogP contribution in [0.1, 0.15) is 0 Å². The van der Waals surface area contributed by atoms with E-state index < -0.39 is 0 Å². The third-order valence-electron chi connectivity index (χ3n) is 5.86. The molecule has 0 aliphatic heterocycles. The Morgan fingerprint density at radius 1 is 0.556 bits per heavy atom. The van der Waals surface area contributed by atoms with E-state index in [1.165, 1.54) is 10.8 Å². The van der Waals surface area contributed by atoms with Crippen LogP contribution in [0, 0.1) is 6.07 Å². The number of hydrogen-bond acceptors (Lipinski definition) is 3. The summed E-state index contributed by atoms with van der Waals surface area (Å²) >= 11 is 0. The summed E-state index contributed by atoms with van der Waals surface area (Å²) < 4.78 is 0. The number of nitrogens with zero attached hydrogens (tertiary/aromatic N) is 4. The van der Waals surface area contributed by atoms with Crippen LogP contribution in [0.15, 0.2) is 122 Å². The number of imidazole rings is 1. The number of hydrogen-bond donors (Lipinski definition) is 0. The maximum Gasteiger partial charge on any atom is 2.00 e. The molecule has 0 aliphatic rings. The average molecular weight is 644 g/mol. The van der Waals surface area contributed by atoms with E-state index in [1.807, 2.05) is 72.8 Å². The van der Waals surface area contributed by atoms with Crippen molar-refractivity contribution in [1.29, 1.82) is 0 Å². The van der Waals surface area contributed by atoms with Crippen LogP contribution >= 0.6 is 0 Å². The van der Waals surface area contributed by atoms with Crippen molar-refractivity contribution in [3.05, 3.63) is 128 Å². The van der Waals surface area contributed by atoms with Crippen LogP contribution < -0.4 is 4.98 Å². The van der Waals surface area contributed by atoms with Gasteiger partial charge in [-0.05, 0) is 62.3 Å². The van der Waals surface area contributed by atoms with Crippen molar-refractivity contribution in [2.45, 2.75) is 0 Å². The zero-order valence-corrected chi connectivity index (χ0v) is 21.4. The number of rotatable bonds is 2. The summed E-state index contributed by atoms with van der Waals surface area (Å²) in [7, 11) is 0. The molecule has 5 heteroatoms. The first-order valence-electron chi connectivity index (χ1n) is 11.4. The molecule has 4 aromatic carbocycles. The Morgan fingerprint density at radius 2 is 1.14 bits per heavy atom. The first-order chi connectivity index (χ1) is 17.4. The number of benzene rings is 4. The van der Waals surface area contributed by atoms with Crippen LogP contribution in [0.3, 0.4) is 0 Å². The summed E-state index contributed by atoms with van der Waals surface area (Å²) in [5.41, 5.74) is 4.70. The molecule has 0 saturated heterocycles. The average Bonchev–Trinajstić information content (AvgIpc) is 3.41. The normalized spacial score (nSPS) is 10.6. The van der Waals surface area contributed by atoms with Crippen molar-refractivity contribution in [2.24, 2.45) is 0 Å². The van der Waals surface area contributed by atoms with Gasteiger partial charge in [-0.1, -0.05) is 66.7 Å². The van der Waals surface area contributed by atoms with Gasteiger partial charge in [0.1, 0.15) is 0 Å². The van der Waals surface area contributed by atoms with Crippen molar-refractivity contribution in [1.82, 2.24) is 19.9 Å². The number of aromatic nitrogens is 4. The molecule has 0 unspecified atom stereocenters. The molecule has 0 fully saturated rings. The second kappa shape index (κ2) is 10.6. The van der Waals surface area contributed by atoms with E-state index >= 15 is 0 Å². The molecule has 7 aromatic rings. The van der Waals surface area contributed by atoms with Gasteiger partial charge < -0.3 is 15.0 Å². The summed E-state index contributed by atoms with van der Waals surface area (Å²) in [6.45, 7) is 0. The molecule has 0 amide bonds. The molecule has 7 rings (SSSR count). The van der Waals surface area contributed by atoms with E-state index in [1.54, 1.807) is 12.4 Å². The molecular formula is C31H20N4Pt. The zero-order valence-electron chi connectivity index (χ0n) is 19.2. The Labute approximate surface area is 223 Å². The van der Waals surface area contributed by atoms with Crippen LogP contribution in [-0.2, 0) is 21.1 Å². The van der Waals surface area contributed by atoms with E-state index in [4.69, 9.17) is 9.97 Å². The van der Waals surface area contributed by atoms with Crippen LogP contribution in [-0.4, -0.2) is 15.0 Å². The fraction of sp³-hybridized carbons (Fsp3) is 0. The predicted molar refractivity (Wildman–Crippen MR) is 142 cm³/mol. The van der Waals surface area contributed by atoms with Gasteiger partial charge in [-0.2, -0.15) is 0 Å². The molecule has 3 heterocycles. The first kappa shape index (κ1) is 23.6. The van der Waals surface area contributed by atoms with Gasteiger partial charge >= 0.3 is 21.1 Å². The van der Waals surface area contributed by atoms with Gasteiger partial charge in [-0.3, -0.25) is 4.98 Å². The summed E-state index contributed by atoms with van der Waals surface area (Å²) in [4.78, 5) is 18.2. The summed E-state index contributed by atoms with van der Waals surface area (Å²) in [6.07, 6.45) is 3.56. The largest absolute Gasteiger partial charge is 2.00 e. The van der Waals surface area contributed by atoms with Crippen molar-refractivity contribution in [3.63, 3.8) is 0 Å². The SMILES string of the molecule is [Pt+2].[c-]1ccccc1-c1ccccn1.c1ccc(-c2nc3c4ccccc4c4ccccc4c3[n-]2)nc1. The van der Waals surface area contributed by atoms with Gasteiger partial charge in [-0.15, -0.1) is 35.9 Å². The van der Waals surface area contributed by atoms with Crippen LogP contribution in [0.4, 0.5) is 0 Å². The monoisotopic (exact) mass is 643 g/mol. The van der Waals surface area contributed by atoms with E-state index in [0.29, 0.717) is 5.82 Å². The van der Waals surface area contributed by atoms with Gasteiger partial charge in [0.2, 0.25) is 0 Å². The Bertz CT molecular complexity index is 1620. The van der Waals surface area contributed by atoms with Gasteiger partial charge in [0.05, 0.1) is 5.69 Å². The minimum absolute atomic E-state index is 0. The Morgan fingerprint density at radius 3 is 1.78 bits per heavy atom. The Balaban J connectivity index is 0.000000175. The van der Waals surface area contributed by atoms with Crippen molar-refractivity contribution in [2.75, 3.05) is 0 Å². The van der Waals surface area contributed by atoms with E-state index in [-0.39, 0.29) is 21.1 Å². The van der Waals surface area contributed by atoms with Crippen LogP contribution in [0.25, 0.3) is 55.4 Å². The van der Waals surface area contributed by atoms with Crippen molar-refractivity contribution >= 4 is 32.6 Å². The van der Waals surface area contributed by atoms with Gasteiger partial charge in [0.15, 0.2) is 0 Å². The molecule has 0 aliphatic carbocycles. The molecule has 36 heavy (non-hydrogen) atoms. The first-order valence-corrected chi connectivity index (χ1v) is 11.4. The van der Waals surface area contributed by atoms with Crippen LogP contribution in [0.2, 0.25) is 0 Å². The topological polar surface area (TPSA) is 52.8 Å². The predicted octanol–water partition coefficient (Wildman–Crippen LogP) is 7.11. The zero-order chi connectivity index (χ0) is 23.5.